The number of aromatic nitrogens is 3. The minimum Gasteiger partial charge on any atom is -0.208 e. The Bertz CT molecular complexity index is 2870. The molecule has 0 fully saturated rings. The Morgan fingerprint density at radius 2 is 0.635 bits per heavy atom. The van der Waals surface area contributed by atoms with Crippen molar-refractivity contribution in [3.05, 3.63) is 188 Å². The maximum atomic E-state index is 5.10. The molecule has 0 bridgehead atoms. The van der Waals surface area contributed by atoms with Crippen molar-refractivity contribution in [2.75, 3.05) is 0 Å². The van der Waals surface area contributed by atoms with Gasteiger partial charge in [-0.05, 0) is 89.6 Å². The molecular formula is C49H31N3. The van der Waals surface area contributed by atoms with Crippen molar-refractivity contribution in [2.45, 2.75) is 0 Å². The second-order valence-electron chi connectivity index (χ2n) is 13.3. The molecule has 52 heavy (non-hydrogen) atoms. The SMILES string of the molecule is c1ccc(-c2ccc3ccccc3c2-c2ccc3cc(-c4nc(-c5ccc6ccccc6c5)nc(-c5ccc6ccccc6c5)n4)ccc3c2)cc1. The number of rotatable bonds is 5. The van der Waals surface area contributed by atoms with Crippen molar-refractivity contribution in [1.29, 1.82) is 0 Å². The largest absolute Gasteiger partial charge is 0.208 e. The molecule has 9 aromatic carbocycles. The van der Waals surface area contributed by atoms with Gasteiger partial charge in [0.2, 0.25) is 0 Å². The predicted molar refractivity (Wildman–Crippen MR) is 217 cm³/mol. The van der Waals surface area contributed by atoms with Gasteiger partial charge >= 0.3 is 0 Å². The molecule has 0 atom stereocenters. The van der Waals surface area contributed by atoms with Crippen LogP contribution in [0, 0.1) is 0 Å². The third-order valence-electron chi connectivity index (χ3n) is 10.1. The van der Waals surface area contributed by atoms with Crippen molar-refractivity contribution >= 4 is 43.1 Å². The summed E-state index contributed by atoms with van der Waals surface area (Å²) < 4.78 is 0. The summed E-state index contributed by atoms with van der Waals surface area (Å²) in [4.78, 5) is 15.3. The van der Waals surface area contributed by atoms with Gasteiger partial charge < -0.3 is 0 Å². The molecular weight excluding hydrogens is 631 g/mol. The van der Waals surface area contributed by atoms with Crippen LogP contribution in [0.25, 0.3) is 99.5 Å². The van der Waals surface area contributed by atoms with Gasteiger partial charge in [-0.3, -0.25) is 0 Å². The normalized spacial score (nSPS) is 11.5. The molecule has 10 aromatic rings. The van der Waals surface area contributed by atoms with E-state index in [1.54, 1.807) is 0 Å². The fraction of sp³-hybridized carbons (Fsp3) is 0. The maximum Gasteiger partial charge on any atom is 0.164 e. The molecule has 1 aromatic heterocycles. The Morgan fingerprint density at radius 1 is 0.250 bits per heavy atom. The van der Waals surface area contributed by atoms with E-state index in [4.69, 9.17) is 15.0 Å². The molecule has 0 amide bonds. The van der Waals surface area contributed by atoms with Crippen LogP contribution in [-0.2, 0) is 0 Å². The molecule has 0 aliphatic rings. The minimum atomic E-state index is 0.646. The second kappa shape index (κ2) is 12.4. The van der Waals surface area contributed by atoms with E-state index in [9.17, 15) is 0 Å². The van der Waals surface area contributed by atoms with E-state index < -0.39 is 0 Å². The van der Waals surface area contributed by atoms with Gasteiger partial charge in [-0.1, -0.05) is 164 Å². The zero-order valence-electron chi connectivity index (χ0n) is 28.2. The molecule has 0 unspecified atom stereocenters. The van der Waals surface area contributed by atoms with Gasteiger partial charge in [0, 0.05) is 16.7 Å². The summed E-state index contributed by atoms with van der Waals surface area (Å²) in [7, 11) is 0. The summed E-state index contributed by atoms with van der Waals surface area (Å²) in [5.74, 6) is 1.95. The molecule has 242 valence electrons. The van der Waals surface area contributed by atoms with Crippen LogP contribution in [0.15, 0.2) is 188 Å². The fourth-order valence-electron chi connectivity index (χ4n) is 7.40. The van der Waals surface area contributed by atoms with Crippen molar-refractivity contribution in [2.24, 2.45) is 0 Å². The van der Waals surface area contributed by atoms with Gasteiger partial charge in [0.25, 0.3) is 0 Å². The molecule has 0 saturated heterocycles. The van der Waals surface area contributed by atoms with Crippen LogP contribution in [0.4, 0.5) is 0 Å². The van der Waals surface area contributed by atoms with Gasteiger partial charge in [-0.25, -0.2) is 15.0 Å². The van der Waals surface area contributed by atoms with Crippen molar-refractivity contribution in [1.82, 2.24) is 15.0 Å². The smallest absolute Gasteiger partial charge is 0.164 e. The zero-order valence-corrected chi connectivity index (χ0v) is 28.2. The molecule has 0 radical (unpaired) electrons. The number of fused-ring (bicyclic) bond motifs is 4. The van der Waals surface area contributed by atoms with Crippen LogP contribution in [-0.4, -0.2) is 15.0 Å². The van der Waals surface area contributed by atoms with Crippen LogP contribution in [0.2, 0.25) is 0 Å². The van der Waals surface area contributed by atoms with E-state index in [0.29, 0.717) is 17.5 Å². The van der Waals surface area contributed by atoms with Crippen LogP contribution < -0.4 is 0 Å². The summed E-state index contributed by atoms with van der Waals surface area (Å²) >= 11 is 0. The summed E-state index contributed by atoms with van der Waals surface area (Å²) in [5, 5.41) is 9.43. The minimum absolute atomic E-state index is 0.646. The Hall–Kier alpha value is -6.97. The van der Waals surface area contributed by atoms with E-state index in [2.05, 4.69) is 188 Å². The molecule has 10 rings (SSSR count). The standard InChI is InChI=1S/C49H31N3/c1-2-12-34(13-3-1)45-27-26-35-14-8-9-17-44(35)46(45)40-22-20-39-31-43(25-21-38(39)28-40)49-51-47(41-23-18-32-10-4-6-15-36(32)29-41)50-48(52-49)42-24-19-33-11-5-7-16-37(33)30-42/h1-31H. The molecule has 3 heteroatoms. The quantitative estimate of drug-likeness (QED) is 0.184. The topological polar surface area (TPSA) is 38.7 Å². The lowest BCUT2D eigenvalue weighted by Crippen LogP contribution is -2.00. The molecule has 0 spiro atoms. The molecule has 0 aliphatic heterocycles. The van der Waals surface area contributed by atoms with E-state index in [0.717, 1.165) is 38.2 Å². The third-order valence-corrected chi connectivity index (χ3v) is 10.1. The lowest BCUT2D eigenvalue weighted by atomic mass is 9.89. The summed E-state index contributed by atoms with van der Waals surface area (Å²) in [6.45, 7) is 0. The highest BCUT2D eigenvalue weighted by atomic mass is 15.0. The van der Waals surface area contributed by atoms with E-state index in [1.165, 1.54) is 43.8 Å². The van der Waals surface area contributed by atoms with E-state index in [1.807, 2.05) is 0 Å². The highest BCUT2D eigenvalue weighted by molar-refractivity contribution is 6.06. The summed E-state index contributed by atoms with van der Waals surface area (Å²) in [6.07, 6.45) is 0. The first-order valence-corrected chi connectivity index (χ1v) is 17.6. The number of benzene rings is 9. The van der Waals surface area contributed by atoms with Gasteiger partial charge in [-0.2, -0.15) is 0 Å². The van der Waals surface area contributed by atoms with Crippen molar-refractivity contribution in [3.8, 4) is 56.4 Å². The van der Waals surface area contributed by atoms with Crippen molar-refractivity contribution in [3.63, 3.8) is 0 Å². The van der Waals surface area contributed by atoms with Crippen LogP contribution >= 0.6 is 0 Å². The summed E-state index contributed by atoms with van der Waals surface area (Å²) in [6, 6.07) is 66.6. The van der Waals surface area contributed by atoms with E-state index in [-0.39, 0.29) is 0 Å². The van der Waals surface area contributed by atoms with Crippen LogP contribution in [0.5, 0.6) is 0 Å². The first kappa shape index (κ1) is 29.9. The number of hydrogen-bond acceptors (Lipinski definition) is 3. The average Bonchev–Trinajstić information content (AvgIpc) is 3.22. The van der Waals surface area contributed by atoms with E-state index >= 15 is 0 Å². The highest BCUT2D eigenvalue weighted by Gasteiger charge is 2.16. The fourth-order valence-corrected chi connectivity index (χ4v) is 7.40. The lowest BCUT2D eigenvalue weighted by molar-refractivity contribution is 1.08. The summed E-state index contributed by atoms with van der Waals surface area (Å²) in [5.41, 5.74) is 7.72. The predicted octanol–water partition coefficient (Wildman–Crippen LogP) is 12.8. The Balaban J connectivity index is 1.11. The molecule has 0 aliphatic carbocycles. The van der Waals surface area contributed by atoms with Gasteiger partial charge in [0.15, 0.2) is 17.5 Å². The first-order valence-electron chi connectivity index (χ1n) is 17.6. The third kappa shape index (κ3) is 5.37. The zero-order chi connectivity index (χ0) is 34.4. The highest BCUT2D eigenvalue weighted by Crippen LogP contribution is 2.40. The molecule has 1 heterocycles. The molecule has 0 saturated carbocycles. The number of nitrogens with zero attached hydrogens (tertiary/aromatic N) is 3. The van der Waals surface area contributed by atoms with Gasteiger partial charge in [0.05, 0.1) is 0 Å². The molecule has 0 N–H and O–H groups in total. The monoisotopic (exact) mass is 661 g/mol. The van der Waals surface area contributed by atoms with Crippen molar-refractivity contribution < 1.29 is 0 Å². The Morgan fingerprint density at radius 3 is 1.19 bits per heavy atom. The Labute approximate surface area is 301 Å². The lowest BCUT2D eigenvalue weighted by Gasteiger charge is -2.15. The van der Waals surface area contributed by atoms with Gasteiger partial charge in [0.1, 0.15) is 0 Å². The van der Waals surface area contributed by atoms with Crippen LogP contribution in [0.1, 0.15) is 0 Å². The Kier molecular flexibility index (Phi) is 7.14. The first-order chi connectivity index (χ1) is 25.7. The number of hydrogen-bond donors (Lipinski definition) is 0. The second-order valence-corrected chi connectivity index (χ2v) is 13.3. The molecule has 3 nitrogen and oxygen atoms in total. The van der Waals surface area contributed by atoms with Crippen LogP contribution in [0.3, 0.4) is 0 Å². The average molecular weight is 662 g/mol. The maximum absolute atomic E-state index is 5.10. The van der Waals surface area contributed by atoms with Gasteiger partial charge in [-0.15, -0.1) is 0 Å².